The number of carbonyl (C=O) groups excluding carboxylic acids is 1. The van der Waals surface area contributed by atoms with E-state index in [0.29, 0.717) is 6.54 Å². The number of benzene rings is 1. The minimum Gasteiger partial charge on any atom is -0.497 e. The molecule has 0 amide bonds. The molecule has 1 aromatic carbocycles. The number of ether oxygens (including phenoxy) is 2. The normalized spacial score (nSPS) is 9.21. The van der Waals surface area contributed by atoms with Gasteiger partial charge in [-0.05, 0) is 30.7 Å². The highest BCUT2D eigenvalue weighted by atomic mass is 16.5. The van der Waals surface area contributed by atoms with Crippen LogP contribution in [0, 0.1) is 11.8 Å². The minimum absolute atomic E-state index is 0.495. The maximum Gasteiger partial charge on any atom is 0.384 e. The Hall–Kier alpha value is -2.15. The molecule has 0 atom stereocenters. The number of hydrogen-bond donors (Lipinski definition) is 0. The molecule has 1 rings (SSSR count). The summed E-state index contributed by atoms with van der Waals surface area (Å²) >= 11 is 0. The van der Waals surface area contributed by atoms with Gasteiger partial charge in [0.15, 0.2) is 0 Å². The summed E-state index contributed by atoms with van der Waals surface area (Å²) in [6.45, 7) is 3.47. The van der Waals surface area contributed by atoms with Crippen molar-refractivity contribution in [3.05, 3.63) is 24.3 Å². The Morgan fingerprint density at radius 2 is 1.95 bits per heavy atom. The predicted molar refractivity (Wildman–Crippen MR) is 75.3 cm³/mol. The molecule has 0 N–H and O–H groups in total. The standard InChI is InChI=1S/C15H19NO3/c1-4-11-16(12-5-6-15(17)19-3)13-7-9-14(18-2)10-8-13/h7-10H,4,11-12H2,1-3H3. The van der Waals surface area contributed by atoms with E-state index in [0.717, 1.165) is 24.4 Å². The summed E-state index contributed by atoms with van der Waals surface area (Å²) in [6, 6.07) is 7.78. The summed E-state index contributed by atoms with van der Waals surface area (Å²) in [5.74, 6) is 5.57. The molecule has 19 heavy (non-hydrogen) atoms. The van der Waals surface area contributed by atoms with E-state index in [4.69, 9.17) is 4.74 Å². The van der Waals surface area contributed by atoms with Gasteiger partial charge in [-0.1, -0.05) is 12.8 Å². The number of hydrogen-bond acceptors (Lipinski definition) is 4. The fourth-order valence-corrected chi connectivity index (χ4v) is 1.62. The van der Waals surface area contributed by atoms with Crippen LogP contribution in [0.25, 0.3) is 0 Å². The monoisotopic (exact) mass is 261 g/mol. The Bertz CT molecular complexity index is 457. The van der Waals surface area contributed by atoms with E-state index in [-0.39, 0.29) is 0 Å². The fraction of sp³-hybridized carbons (Fsp3) is 0.400. The molecule has 0 spiro atoms. The third-order valence-electron chi connectivity index (χ3n) is 2.58. The number of methoxy groups -OCH3 is 2. The first-order valence-electron chi connectivity index (χ1n) is 6.17. The molecule has 1 aromatic rings. The van der Waals surface area contributed by atoms with Gasteiger partial charge in [-0.15, -0.1) is 0 Å². The molecule has 0 aromatic heterocycles. The van der Waals surface area contributed by atoms with Crippen LogP contribution in [-0.2, 0) is 9.53 Å². The Morgan fingerprint density at radius 3 is 2.47 bits per heavy atom. The van der Waals surface area contributed by atoms with Crippen molar-refractivity contribution in [2.45, 2.75) is 13.3 Å². The maximum absolute atomic E-state index is 10.9. The van der Waals surface area contributed by atoms with Gasteiger partial charge in [-0.25, -0.2) is 4.79 Å². The number of nitrogens with zero attached hydrogens (tertiary/aromatic N) is 1. The van der Waals surface area contributed by atoms with E-state index in [1.165, 1.54) is 7.11 Å². The van der Waals surface area contributed by atoms with E-state index < -0.39 is 5.97 Å². The largest absolute Gasteiger partial charge is 0.497 e. The average molecular weight is 261 g/mol. The van der Waals surface area contributed by atoms with Crippen molar-refractivity contribution in [3.8, 4) is 17.6 Å². The highest BCUT2D eigenvalue weighted by Crippen LogP contribution is 2.19. The van der Waals surface area contributed by atoms with Crippen LogP contribution in [0.3, 0.4) is 0 Å². The van der Waals surface area contributed by atoms with Gasteiger partial charge in [-0.2, -0.15) is 0 Å². The van der Waals surface area contributed by atoms with Crippen LogP contribution in [-0.4, -0.2) is 33.3 Å². The van der Waals surface area contributed by atoms with Crippen molar-refractivity contribution in [2.75, 3.05) is 32.2 Å². The van der Waals surface area contributed by atoms with E-state index in [2.05, 4.69) is 28.4 Å². The second kappa shape index (κ2) is 8.04. The molecular weight excluding hydrogens is 242 g/mol. The second-order valence-electron chi connectivity index (χ2n) is 3.91. The van der Waals surface area contributed by atoms with Crippen molar-refractivity contribution in [3.63, 3.8) is 0 Å². The van der Waals surface area contributed by atoms with Crippen LogP contribution in [0.15, 0.2) is 24.3 Å². The van der Waals surface area contributed by atoms with Gasteiger partial charge < -0.3 is 14.4 Å². The highest BCUT2D eigenvalue weighted by molar-refractivity contribution is 5.88. The molecule has 4 heteroatoms. The number of anilines is 1. The van der Waals surface area contributed by atoms with Crippen molar-refractivity contribution >= 4 is 11.7 Å². The SMILES string of the molecule is CCCN(CC#CC(=O)OC)c1ccc(OC)cc1. The summed E-state index contributed by atoms with van der Waals surface area (Å²) < 4.78 is 9.61. The summed E-state index contributed by atoms with van der Waals surface area (Å²) in [5, 5.41) is 0. The molecule has 102 valence electrons. The zero-order chi connectivity index (χ0) is 14.1. The quantitative estimate of drug-likeness (QED) is 0.462. The Kier molecular flexibility index (Phi) is 6.31. The molecule has 0 radical (unpaired) electrons. The fourth-order valence-electron chi connectivity index (χ4n) is 1.62. The lowest BCUT2D eigenvalue weighted by molar-refractivity contribution is -0.133. The molecule has 4 nitrogen and oxygen atoms in total. The van der Waals surface area contributed by atoms with Gasteiger partial charge in [0.1, 0.15) is 5.75 Å². The summed E-state index contributed by atoms with van der Waals surface area (Å²) in [5.41, 5.74) is 1.06. The molecule has 0 saturated heterocycles. The number of esters is 1. The second-order valence-corrected chi connectivity index (χ2v) is 3.91. The third-order valence-corrected chi connectivity index (χ3v) is 2.58. The van der Waals surface area contributed by atoms with Gasteiger partial charge in [-0.3, -0.25) is 0 Å². The van der Waals surface area contributed by atoms with E-state index in [9.17, 15) is 4.79 Å². The zero-order valence-corrected chi connectivity index (χ0v) is 11.6. The first-order chi connectivity index (χ1) is 9.21. The summed E-state index contributed by atoms with van der Waals surface area (Å²) in [6.07, 6.45) is 1.01. The molecule has 0 aliphatic rings. The lowest BCUT2D eigenvalue weighted by atomic mass is 10.2. The van der Waals surface area contributed by atoms with Crippen molar-refractivity contribution in [1.29, 1.82) is 0 Å². The molecule has 0 heterocycles. The van der Waals surface area contributed by atoms with Crippen molar-refractivity contribution in [2.24, 2.45) is 0 Å². The lowest BCUT2D eigenvalue weighted by Crippen LogP contribution is -2.24. The molecular formula is C15H19NO3. The maximum atomic E-state index is 10.9. The Labute approximate surface area is 114 Å². The van der Waals surface area contributed by atoms with E-state index >= 15 is 0 Å². The van der Waals surface area contributed by atoms with Crippen LogP contribution < -0.4 is 9.64 Å². The van der Waals surface area contributed by atoms with Crippen molar-refractivity contribution < 1.29 is 14.3 Å². The summed E-state index contributed by atoms with van der Waals surface area (Å²) in [7, 11) is 2.96. The zero-order valence-electron chi connectivity index (χ0n) is 11.6. The van der Waals surface area contributed by atoms with Crippen LogP contribution in [0.1, 0.15) is 13.3 Å². The Morgan fingerprint density at radius 1 is 1.26 bits per heavy atom. The molecule has 0 saturated carbocycles. The topological polar surface area (TPSA) is 38.8 Å². The third kappa shape index (κ3) is 4.92. The molecule has 0 bridgehead atoms. The number of carbonyl (C=O) groups is 1. The van der Waals surface area contributed by atoms with Gasteiger partial charge in [0.25, 0.3) is 0 Å². The van der Waals surface area contributed by atoms with E-state index in [1.807, 2.05) is 24.3 Å². The van der Waals surface area contributed by atoms with Crippen LogP contribution >= 0.6 is 0 Å². The molecule has 0 fully saturated rings. The summed E-state index contributed by atoms with van der Waals surface area (Å²) in [4.78, 5) is 13.0. The van der Waals surface area contributed by atoms with Gasteiger partial charge >= 0.3 is 5.97 Å². The van der Waals surface area contributed by atoms with Crippen molar-refractivity contribution in [1.82, 2.24) is 0 Å². The average Bonchev–Trinajstić information content (AvgIpc) is 2.46. The lowest BCUT2D eigenvalue weighted by Gasteiger charge is -2.21. The first-order valence-corrected chi connectivity index (χ1v) is 6.17. The van der Waals surface area contributed by atoms with Crippen LogP contribution in [0.5, 0.6) is 5.75 Å². The molecule has 0 unspecified atom stereocenters. The van der Waals surface area contributed by atoms with Gasteiger partial charge in [0, 0.05) is 18.2 Å². The molecule has 0 aliphatic heterocycles. The van der Waals surface area contributed by atoms with Gasteiger partial charge in [0.05, 0.1) is 20.8 Å². The number of rotatable bonds is 5. The van der Waals surface area contributed by atoms with E-state index in [1.54, 1.807) is 7.11 Å². The van der Waals surface area contributed by atoms with Crippen LogP contribution in [0.4, 0.5) is 5.69 Å². The van der Waals surface area contributed by atoms with Crippen LogP contribution in [0.2, 0.25) is 0 Å². The highest BCUT2D eigenvalue weighted by Gasteiger charge is 2.04. The Balaban J connectivity index is 2.74. The molecule has 0 aliphatic carbocycles. The minimum atomic E-state index is -0.508. The van der Waals surface area contributed by atoms with Gasteiger partial charge in [0.2, 0.25) is 0 Å². The first kappa shape index (κ1) is 14.9. The smallest absolute Gasteiger partial charge is 0.384 e. The predicted octanol–water partition coefficient (Wildman–Crippen LogP) is 2.09.